The topological polar surface area (TPSA) is 61.3 Å². The molecule has 0 saturated heterocycles. The van der Waals surface area contributed by atoms with E-state index in [1.54, 1.807) is 6.07 Å². The summed E-state index contributed by atoms with van der Waals surface area (Å²) in [4.78, 5) is 0. The van der Waals surface area contributed by atoms with Gasteiger partial charge in [0.15, 0.2) is 0 Å². The molecule has 0 aliphatic carbocycles. The average molecular weight is 246 g/mol. The summed E-state index contributed by atoms with van der Waals surface area (Å²) in [6.07, 6.45) is 0.105. The Morgan fingerprint density at radius 3 is 2.56 bits per heavy atom. The molecule has 2 N–H and O–H groups in total. The van der Waals surface area contributed by atoms with Crippen LogP contribution in [0.4, 0.5) is 5.88 Å². The van der Waals surface area contributed by atoms with Crippen molar-refractivity contribution in [3.63, 3.8) is 0 Å². The van der Waals surface area contributed by atoms with Gasteiger partial charge in [0.05, 0.1) is 6.10 Å². The summed E-state index contributed by atoms with van der Waals surface area (Å²) in [6, 6.07) is 5.73. The highest BCUT2D eigenvalue weighted by Gasteiger charge is 2.15. The van der Waals surface area contributed by atoms with Gasteiger partial charge in [-0.15, -0.1) is 0 Å². The standard InChI is InChI=1S/C14H18N2O2/c1-8(2)17-14-10(4)9(3)5-6-11(14)12-7-13(15)18-16-12/h5-8H,15H2,1-4H3. The molecule has 0 fully saturated rings. The summed E-state index contributed by atoms with van der Waals surface area (Å²) in [5.74, 6) is 1.15. The van der Waals surface area contributed by atoms with Crippen LogP contribution in [0.5, 0.6) is 5.75 Å². The van der Waals surface area contributed by atoms with Crippen LogP contribution in [0.3, 0.4) is 0 Å². The van der Waals surface area contributed by atoms with Crippen molar-refractivity contribution in [2.45, 2.75) is 33.8 Å². The van der Waals surface area contributed by atoms with Crippen LogP contribution in [-0.4, -0.2) is 11.3 Å². The van der Waals surface area contributed by atoms with Gasteiger partial charge in [-0.1, -0.05) is 11.2 Å². The van der Waals surface area contributed by atoms with Gasteiger partial charge < -0.3 is 15.0 Å². The molecule has 4 heteroatoms. The van der Waals surface area contributed by atoms with Gasteiger partial charge in [-0.3, -0.25) is 0 Å². The fourth-order valence-electron chi connectivity index (χ4n) is 1.80. The molecular weight excluding hydrogens is 228 g/mol. The second kappa shape index (κ2) is 4.72. The van der Waals surface area contributed by atoms with Gasteiger partial charge >= 0.3 is 0 Å². The Balaban J connectivity index is 2.56. The summed E-state index contributed by atoms with van der Waals surface area (Å²) in [6.45, 7) is 8.11. The van der Waals surface area contributed by atoms with Crippen LogP contribution in [0.1, 0.15) is 25.0 Å². The highest BCUT2D eigenvalue weighted by molar-refractivity contribution is 5.71. The number of rotatable bonds is 3. The van der Waals surface area contributed by atoms with Crippen LogP contribution in [-0.2, 0) is 0 Å². The first-order valence-corrected chi connectivity index (χ1v) is 5.98. The van der Waals surface area contributed by atoms with E-state index in [2.05, 4.69) is 12.1 Å². The molecule has 0 atom stereocenters. The fourth-order valence-corrected chi connectivity index (χ4v) is 1.80. The second-order valence-electron chi connectivity index (χ2n) is 4.67. The van der Waals surface area contributed by atoms with Gasteiger partial charge in [0, 0.05) is 11.6 Å². The smallest absolute Gasteiger partial charge is 0.222 e. The summed E-state index contributed by atoms with van der Waals surface area (Å²) in [5.41, 5.74) is 9.47. The number of aromatic nitrogens is 1. The molecule has 0 radical (unpaired) electrons. The first-order chi connectivity index (χ1) is 8.49. The van der Waals surface area contributed by atoms with Crippen molar-refractivity contribution < 1.29 is 9.26 Å². The molecule has 0 aliphatic heterocycles. The highest BCUT2D eigenvalue weighted by atomic mass is 16.5. The van der Waals surface area contributed by atoms with E-state index in [4.69, 9.17) is 15.0 Å². The zero-order valence-electron chi connectivity index (χ0n) is 11.2. The normalized spacial score (nSPS) is 10.9. The van der Waals surface area contributed by atoms with E-state index < -0.39 is 0 Å². The van der Waals surface area contributed by atoms with Crippen molar-refractivity contribution in [1.29, 1.82) is 0 Å². The molecule has 1 aromatic carbocycles. The lowest BCUT2D eigenvalue weighted by Gasteiger charge is -2.17. The number of hydrogen-bond acceptors (Lipinski definition) is 4. The number of nitrogens with two attached hydrogens (primary N) is 1. The third-order valence-corrected chi connectivity index (χ3v) is 2.83. The molecule has 2 aromatic rings. The summed E-state index contributed by atoms with van der Waals surface area (Å²) >= 11 is 0. The Hall–Kier alpha value is -1.97. The highest BCUT2D eigenvalue weighted by Crippen LogP contribution is 2.35. The maximum atomic E-state index is 5.90. The van der Waals surface area contributed by atoms with E-state index in [1.165, 1.54) is 5.56 Å². The van der Waals surface area contributed by atoms with E-state index >= 15 is 0 Å². The predicted molar refractivity (Wildman–Crippen MR) is 71.6 cm³/mol. The Morgan fingerprint density at radius 1 is 1.28 bits per heavy atom. The van der Waals surface area contributed by atoms with E-state index in [0.717, 1.165) is 16.9 Å². The monoisotopic (exact) mass is 246 g/mol. The molecule has 0 saturated carbocycles. The summed E-state index contributed by atoms with van der Waals surface area (Å²) in [5, 5.41) is 3.94. The molecule has 0 bridgehead atoms. The first kappa shape index (κ1) is 12.5. The Bertz CT molecular complexity index is 559. The van der Waals surface area contributed by atoms with Gasteiger partial charge in [0.2, 0.25) is 5.88 Å². The van der Waals surface area contributed by atoms with Crippen molar-refractivity contribution in [2.75, 3.05) is 5.73 Å². The third kappa shape index (κ3) is 2.32. The van der Waals surface area contributed by atoms with E-state index in [1.807, 2.05) is 32.9 Å². The predicted octanol–water partition coefficient (Wildman–Crippen LogP) is 3.33. The minimum absolute atomic E-state index is 0.105. The van der Waals surface area contributed by atoms with Crippen LogP contribution in [0.2, 0.25) is 0 Å². The molecule has 0 spiro atoms. The van der Waals surface area contributed by atoms with Crippen molar-refractivity contribution in [1.82, 2.24) is 5.16 Å². The molecule has 1 heterocycles. The molecule has 0 unspecified atom stereocenters. The Morgan fingerprint density at radius 2 is 2.00 bits per heavy atom. The average Bonchev–Trinajstić information content (AvgIpc) is 2.71. The lowest BCUT2D eigenvalue weighted by molar-refractivity contribution is 0.241. The van der Waals surface area contributed by atoms with E-state index in [9.17, 15) is 0 Å². The van der Waals surface area contributed by atoms with E-state index in [-0.39, 0.29) is 6.10 Å². The van der Waals surface area contributed by atoms with Crippen LogP contribution < -0.4 is 10.5 Å². The number of anilines is 1. The summed E-state index contributed by atoms with van der Waals surface area (Å²) in [7, 11) is 0. The number of hydrogen-bond donors (Lipinski definition) is 1. The van der Waals surface area contributed by atoms with Gasteiger partial charge in [-0.25, -0.2) is 0 Å². The Kier molecular flexibility index (Phi) is 3.28. The maximum absolute atomic E-state index is 5.90. The molecule has 18 heavy (non-hydrogen) atoms. The van der Waals surface area contributed by atoms with Crippen LogP contribution in [0.25, 0.3) is 11.3 Å². The lowest BCUT2D eigenvalue weighted by Crippen LogP contribution is -2.08. The van der Waals surface area contributed by atoms with Gasteiger partial charge in [0.1, 0.15) is 11.4 Å². The van der Waals surface area contributed by atoms with Crippen LogP contribution in [0.15, 0.2) is 22.7 Å². The molecule has 1 aromatic heterocycles. The number of aryl methyl sites for hydroxylation is 1. The quantitative estimate of drug-likeness (QED) is 0.902. The van der Waals surface area contributed by atoms with Crippen LogP contribution in [0, 0.1) is 13.8 Å². The molecule has 96 valence electrons. The molecule has 0 aliphatic rings. The minimum Gasteiger partial charge on any atom is -0.490 e. The zero-order chi connectivity index (χ0) is 13.3. The van der Waals surface area contributed by atoms with Gasteiger partial charge in [-0.2, -0.15) is 0 Å². The lowest BCUT2D eigenvalue weighted by atomic mass is 10.0. The molecule has 0 amide bonds. The minimum atomic E-state index is 0.105. The SMILES string of the molecule is Cc1ccc(-c2cc(N)on2)c(OC(C)C)c1C. The molecule has 4 nitrogen and oxygen atoms in total. The van der Waals surface area contributed by atoms with Crippen molar-refractivity contribution in [3.8, 4) is 17.0 Å². The number of nitrogens with zero attached hydrogens (tertiary/aromatic N) is 1. The van der Waals surface area contributed by atoms with Crippen molar-refractivity contribution in [3.05, 3.63) is 29.3 Å². The molecular formula is C14H18N2O2. The number of nitrogen functional groups attached to an aromatic ring is 1. The van der Waals surface area contributed by atoms with Crippen LogP contribution >= 0.6 is 0 Å². The zero-order valence-corrected chi connectivity index (χ0v) is 11.2. The van der Waals surface area contributed by atoms with Crippen molar-refractivity contribution in [2.24, 2.45) is 0 Å². The number of ether oxygens (including phenoxy) is 1. The van der Waals surface area contributed by atoms with Gasteiger partial charge in [-0.05, 0) is 44.9 Å². The fraction of sp³-hybridized carbons (Fsp3) is 0.357. The number of benzene rings is 1. The van der Waals surface area contributed by atoms with Gasteiger partial charge in [0.25, 0.3) is 0 Å². The van der Waals surface area contributed by atoms with E-state index in [0.29, 0.717) is 11.6 Å². The second-order valence-corrected chi connectivity index (χ2v) is 4.67. The first-order valence-electron chi connectivity index (χ1n) is 5.98. The molecule has 2 rings (SSSR count). The largest absolute Gasteiger partial charge is 0.490 e. The van der Waals surface area contributed by atoms with Crippen molar-refractivity contribution >= 4 is 5.88 Å². The third-order valence-electron chi connectivity index (χ3n) is 2.83. The Labute approximate surface area is 107 Å². The maximum Gasteiger partial charge on any atom is 0.222 e. The summed E-state index contributed by atoms with van der Waals surface area (Å²) < 4.78 is 10.8.